The highest BCUT2D eigenvalue weighted by molar-refractivity contribution is 8.02. The Morgan fingerprint density at radius 2 is 2.25 bits per heavy atom. The van der Waals surface area contributed by atoms with Crippen molar-refractivity contribution in [3.8, 4) is 23.7 Å². The molecule has 2 rings (SSSR count). The van der Waals surface area contributed by atoms with Gasteiger partial charge in [-0.2, -0.15) is 0 Å². The molecule has 0 aromatic heterocycles. The van der Waals surface area contributed by atoms with Crippen LogP contribution in [0.2, 0.25) is 0 Å². The summed E-state index contributed by atoms with van der Waals surface area (Å²) in [5.41, 5.74) is 3.08. The summed E-state index contributed by atoms with van der Waals surface area (Å²) in [6.07, 6.45) is 16.5. The molecule has 0 saturated carbocycles. The zero-order valence-electron chi connectivity index (χ0n) is 16.0. The molecule has 0 unspecified atom stereocenters. The van der Waals surface area contributed by atoms with Gasteiger partial charge in [-0.3, -0.25) is 10.1 Å². The van der Waals surface area contributed by atoms with Gasteiger partial charge in [-0.1, -0.05) is 54.6 Å². The second-order valence-corrected chi connectivity index (χ2v) is 6.83. The fraction of sp³-hybridized carbons (Fsp3) is 0.167. The van der Waals surface area contributed by atoms with Crippen LogP contribution in [0.25, 0.3) is 0 Å². The van der Waals surface area contributed by atoms with Crippen LogP contribution in [0.1, 0.15) is 23.1 Å². The number of aryl methyl sites for hydroxylation is 1. The van der Waals surface area contributed by atoms with Gasteiger partial charge in [-0.05, 0) is 48.9 Å². The largest absolute Gasteiger partial charge is 0.285 e. The van der Waals surface area contributed by atoms with Gasteiger partial charge in [0.1, 0.15) is 5.56 Å². The van der Waals surface area contributed by atoms with Gasteiger partial charge < -0.3 is 0 Å². The Labute approximate surface area is 170 Å². The molecule has 1 aliphatic rings. The fourth-order valence-electron chi connectivity index (χ4n) is 2.52. The lowest BCUT2D eigenvalue weighted by atomic mass is 10.00. The maximum absolute atomic E-state index is 11.6. The molecular formula is C24H21NO2S. The average molecular weight is 388 g/mol. The van der Waals surface area contributed by atoms with Crippen molar-refractivity contribution in [1.29, 1.82) is 0 Å². The summed E-state index contributed by atoms with van der Waals surface area (Å²) in [6, 6.07) is 3.41. The van der Waals surface area contributed by atoms with Crippen molar-refractivity contribution in [2.24, 2.45) is 0 Å². The second kappa shape index (κ2) is 10.8. The summed E-state index contributed by atoms with van der Waals surface area (Å²) in [4.78, 5) is 12.3. The number of benzene rings is 1. The van der Waals surface area contributed by atoms with Gasteiger partial charge in [-0.25, -0.2) is 0 Å². The van der Waals surface area contributed by atoms with Gasteiger partial charge in [0.15, 0.2) is 0 Å². The zero-order chi connectivity index (χ0) is 20.4. The molecule has 1 aromatic carbocycles. The Bertz CT molecular complexity index is 1020. The molecule has 1 aromatic rings. The highest BCUT2D eigenvalue weighted by Crippen LogP contribution is 2.24. The summed E-state index contributed by atoms with van der Waals surface area (Å²) in [5, 5.41) is 11.6. The molecule has 28 heavy (non-hydrogen) atoms. The molecule has 0 bridgehead atoms. The van der Waals surface area contributed by atoms with E-state index in [9.17, 15) is 10.1 Å². The van der Waals surface area contributed by atoms with Crippen molar-refractivity contribution in [3.63, 3.8) is 0 Å². The van der Waals surface area contributed by atoms with Crippen molar-refractivity contribution in [1.82, 2.24) is 0 Å². The van der Waals surface area contributed by atoms with Crippen molar-refractivity contribution < 1.29 is 4.92 Å². The first-order chi connectivity index (χ1) is 13.5. The van der Waals surface area contributed by atoms with Crippen molar-refractivity contribution in [2.75, 3.05) is 6.26 Å². The number of nitro groups is 1. The standard InChI is InChI=1S/C24H21NO2S/c1-4-10-23(28-3)14-9-13-21-18-24(25(26)27)22(17-19(21)2)16-15-20-11-7-5-6-8-12-20/h4,7,9-12,14,17-18H,1,5,13H2,2-3H3/b14-9-,23-10+. The minimum Gasteiger partial charge on any atom is -0.258 e. The summed E-state index contributed by atoms with van der Waals surface area (Å²) >= 11 is 1.62. The predicted octanol–water partition coefficient (Wildman–Crippen LogP) is 5.68. The molecule has 0 saturated heterocycles. The molecule has 4 heteroatoms. The molecule has 0 fully saturated rings. The molecule has 0 N–H and O–H groups in total. The van der Waals surface area contributed by atoms with Gasteiger partial charge in [0.2, 0.25) is 0 Å². The van der Waals surface area contributed by atoms with E-state index in [0.29, 0.717) is 18.4 Å². The van der Waals surface area contributed by atoms with E-state index in [1.165, 1.54) is 0 Å². The number of nitro benzene ring substituents is 1. The molecule has 0 aliphatic heterocycles. The Morgan fingerprint density at radius 3 is 2.96 bits per heavy atom. The van der Waals surface area contributed by atoms with E-state index in [4.69, 9.17) is 0 Å². The van der Waals surface area contributed by atoms with E-state index in [-0.39, 0.29) is 10.6 Å². The smallest absolute Gasteiger partial charge is 0.258 e. The molecule has 140 valence electrons. The van der Waals surface area contributed by atoms with Gasteiger partial charge in [-0.15, -0.1) is 11.8 Å². The van der Waals surface area contributed by atoms with E-state index >= 15 is 0 Å². The summed E-state index contributed by atoms with van der Waals surface area (Å²) in [5.74, 6) is 11.8. The van der Waals surface area contributed by atoms with Gasteiger partial charge in [0, 0.05) is 29.0 Å². The van der Waals surface area contributed by atoms with Crippen LogP contribution in [-0.2, 0) is 6.42 Å². The first-order valence-corrected chi connectivity index (χ1v) is 9.96. The second-order valence-electron chi connectivity index (χ2n) is 5.95. The lowest BCUT2D eigenvalue weighted by molar-refractivity contribution is -0.385. The fourth-order valence-corrected chi connectivity index (χ4v) is 2.98. The predicted molar refractivity (Wildman–Crippen MR) is 119 cm³/mol. The normalized spacial score (nSPS) is 13.1. The van der Waals surface area contributed by atoms with E-state index in [1.54, 1.807) is 36.0 Å². The number of hydrogen-bond acceptors (Lipinski definition) is 3. The summed E-state index contributed by atoms with van der Waals surface area (Å²) < 4.78 is 0. The third kappa shape index (κ3) is 6.20. The molecule has 0 spiro atoms. The number of thioether (sulfide) groups is 1. The lowest BCUT2D eigenvalue weighted by Gasteiger charge is -2.05. The SMILES string of the molecule is C=C/C=C(\C=C/Cc1cc([N+](=O)[O-])c(C#CC2=CC#CCC=C2)cc1C)SC. The summed E-state index contributed by atoms with van der Waals surface area (Å²) in [6.45, 7) is 5.65. The maximum atomic E-state index is 11.6. The Morgan fingerprint density at radius 1 is 1.43 bits per heavy atom. The minimum absolute atomic E-state index is 0.0255. The first kappa shape index (κ1) is 21.1. The first-order valence-electron chi connectivity index (χ1n) is 8.73. The van der Waals surface area contributed by atoms with Gasteiger partial charge in [0.25, 0.3) is 5.69 Å². The van der Waals surface area contributed by atoms with Crippen molar-refractivity contribution in [2.45, 2.75) is 19.8 Å². The van der Waals surface area contributed by atoms with Gasteiger partial charge in [0.05, 0.1) is 4.92 Å². The number of nitrogens with zero attached hydrogens (tertiary/aromatic N) is 1. The van der Waals surface area contributed by atoms with Crippen LogP contribution in [0.4, 0.5) is 5.69 Å². The van der Waals surface area contributed by atoms with Crippen LogP contribution in [0.15, 0.2) is 71.7 Å². The van der Waals surface area contributed by atoms with E-state index in [2.05, 4.69) is 30.3 Å². The highest BCUT2D eigenvalue weighted by atomic mass is 32.2. The molecule has 0 amide bonds. The van der Waals surface area contributed by atoms with Crippen molar-refractivity contribution in [3.05, 3.63) is 98.5 Å². The Balaban J connectivity index is 2.32. The zero-order valence-corrected chi connectivity index (χ0v) is 16.8. The number of allylic oxidation sites excluding steroid dienone is 8. The van der Waals surface area contributed by atoms with Crippen LogP contribution in [0.5, 0.6) is 0 Å². The van der Waals surface area contributed by atoms with E-state index in [0.717, 1.165) is 21.6 Å². The van der Waals surface area contributed by atoms with Crippen LogP contribution in [0.3, 0.4) is 0 Å². The minimum atomic E-state index is -0.376. The molecule has 3 nitrogen and oxygen atoms in total. The molecule has 0 heterocycles. The average Bonchev–Trinajstić information content (AvgIpc) is 2.95. The number of hydrogen-bond donors (Lipinski definition) is 0. The van der Waals surface area contributed by atoms with Crippen LogP contribution in [-0.4, -0.2) is 11.2 Å². The molecule has 0 radical (unpaired) electrons. The Hall–Kier alpha value is -3.21. The van der Waals surface area contributed by atoms with E-state index in [1.807, 2.05) is 43.6 Å². The van der Waals surface area contributed by atoms with Crippen LogP contribution in [0, 0.1) is 40.7 Å². The van der Waals surface area contributed by atoms with Crippen molar-refractivity contribution >= 4 is 17.4 Å². The third-order valence-corrected chi connectivity index (χ3v) is 4.72. The summed E-state index contributed by atoms with van der Waals surface area (Å²) in [7, 11) is 0. The number of rotatable bonds is 6. The van der Waals surface area contributed by atoms with Crippen LogP contribution >= 0.6 is 11.8 Å². The van der Waals surface area contributed by atoms with Crippen LogP contribution < -0.4 is 0 Å². The maximum Gasteiger partial charge on any atom is 0.285 e. The van der Waals surface area contributed by atoms with Gasteiger partial charge >= 0.3 is 0 Å². The quantitative estimate of drug-likeness (QED) is 0.273. The highest BCUT2D eigenvalue weighted by Gasteiger charge is 2.15. The van der Waals surface area contributed by atoms with E-state index < -0.39 is 0 Å². The third-order valence-electron chi connectivity index (χ3n) is 3.98. The lowest BCUT2D eigenvalue weighted by Crippen LogP contribution is -1.97. The Kier molecular flexibility index (Phi) is 8.15. The molecular weight excluding hydrogens is 366 g/mol. The molecule has 1 aliphatic carbocycles. The topological polar surface area (TPSA) is 43.1 Å². The monoisotopic (exact) mass is 387 g/mol. The molecule has 0 atom stereocenters.